The Morgan fingerprint density at radius 1 is 1.03 bits per heavy atom. The summed E-state index contributed by atoms with van der Waals surface area (Å²) in [6, 6.07) is 10.4. The molecule has 4 heterocycles. The predicted octanol–water partition coefficient (Wildman–Crippen LogP) is 1.97. The van der Waals surface area contributed by atoms with Crippen LogP contribution < -0.4 is 5.32 Å². The molecule has 1 aromatic carbocycles. The Morgan fingerprint density at radius 2 is 1.93 bits per heavy atom. The zero-order valence-corrected chi connectivity index (χ0v) is 15.9. The molecule has 8 heteroatoms. The highest BCUT2D eigenvalue weighted by molar-refractivity contribution is 6.05. The Labute approximate surface area is 172 Å². The van der Waals surface area contributed by atoms with Gasteiger partial charge in [-0.25, -0.2) is 9.97 Å². The van der Waals surface area contributed by atoms with Crippen molar-refractivity contribution in [2.75, 3.05) is 0 Å². The summed E-state index contributed by atoms with van der Waals surface area (Å²) in [6.07, 6.45) is 5.71. The van der Waals surface area contributed by atoms with Crippen molar-refractivity contribution in [3.63, 3.8) is 0 Å². The van der Waals surface area contributed by atoms with Crippen molar-refractivity contribution < 1.29 is 14.4 Å². The van der Waals surface area contributed by atoms with Crippen molar-refractivity contribution in [1.82, 2.24) is 25.2 Å². The van der Waals surface area contributed by atoms with Gasteiger partial charge in [-0.3, -0.25) is 24.7 Å². The highest BCUT2D eigenvalue weighted by Crippen LogP contribution is 2.30. The number of amides is 3. The Morgan fingerprint density at radius 3 is 2.73 bits per heavy atom. The van der Waals surface area contributed by atoms with E-state index in [1.807, 2.05) is 30.3 Å². The van der Waals surface area contributed by atoms with Gasteiger partial charge in [-0.05, 0) is 42.3 Å². The third kappa shape index (κ3) is 3.12. The van der Waals surface area contributed by atoms with Gasteiger partial charge in [0, 0.05) is 48.2 Å². The second kappa shape index (κ2) is 7.14. The van der Waals surface area contributed by atoms with E-state index in [1.54, 1.807) is 24.7 Å². The molecule has 0 radical (unpaired) electrons. The molecule has 2 aliphatic heterocycles. The molecule has 1 N–H and O–H groups in total. The second-order valence-corrected chi connectivity index (χ2v) is 7.28. The first-order valence-electron chi connectivity index (χ1n) is 9.61. The van der Waals surface area contributed by atoms with Crippen LogP contribution in [-0.2, 0) is 16.1 Å². The first-order valence-corrected chi connectivity index (χ1v) is 9.61. The molecule has 1 atom stereocenters. The van der Waals surface area contributed by atoms with Gasteiger partial charge in [0.1, 0.15) is 6.04 Å². The predicted molar refractivity (Wildman–Crippen MR) is 107 cm³/mol. The van der Waals surface area contributed by atoms with E-state index < -0.39 is 11.9 Å². The van der Waals surface area contributed by atoms with Gasteiger partial charge in [0.15, 0.2) is 5.82 Å². The minimum absolute atomic E-state index is 0.198. The molecule has 5 rings (SSSR count). The van der Waals surface area contributed by atoms with Crippen LogP contribution in [-0.4, -0.2) is 43.6 Å². The number of carbonyl (C=O) groups excluding carboxylic acids is 3. The maximum absolute atomic E-state index is 12.8. The van der Waals surface area contributed by atoms with Crippen molar-refractivity contribution in [2.24, 2.45) is 0 Å². The number of aromatic nitrogens is 3. The number of fused-ring (bicyclic) bond motifs is 1. The molecular weight excluding hydrogens is 382 g/mol. The smallest absolute Gasteiger partial charge is 0.255 e. The largest absolute Gasteiger partial charge is 0.322 e. The molecular formula is C22H17N5O3. The lowest BCUT2D eigenvalue weighted by Crippen LogP contribution is -2.52. The summed E-state index contributed by atoms with van der Waals surface area (Å²) in [5, 5.41) is 2.32. The summed E-state index contributed by atoms with van der Waals surface area (Å²) in [4.78, 5) is 51.1. The summed E-state index contributed by atoms with van der Waals surface area (Å²) in [7, 11) is 0. The molecule has 1 saturated heterocycles. The van der Waals surface area contributed by atoms with Crippen LogP contribution >= 0.6 is 0 Å². The lowest BCUT2D eigenvalue weighted by atomic mass is 10.0. The number of hydrogen-bond acceptors (Lipinski definition) is 6. The Balaban J connectivity index is 1.44. The van der Waals surface area contributed by atoms with E-state index in [4.69, 9.17) is 0 Å². The molecule has 8 nitrogen and oxygen atoms in total. The van der Waals surface area contributed by atoms with Crippen molar-refractivity contribution >= 4 is 17.7 Å². The lowest BCUT2D eigenvalue weighted by molar-refractivity contribution is -0.136. The molecule has 148 valence electrons. The van der Waals surface area contributed by atoms with Crippen LogP contribution in [0.5, 0.6) is 0 Å². The molecule has 3 aromatic rings. The van der Waals surface area contributed by atoms with E-state index in [9.17, 15) is 14.4 Å². The first kappa shape index (κ1) is 18.1. The first-order chi connectivity index (χ1) is 14.6. The van der Waals surface area contributed by atoms with Crippen molar-refractivity contribution in [1.29, 1.82) is 0 Å². The third-order valence-corrected chi connectivity index (χ3v) is 5.39. The zero-order valence-electron chi connectivity index (χ0n) is 15.9. The summed E-state index contributed by atoms with van der Waals surface area (Å²) in [5.41, 5.74) is 3.82. The maximum Gasteiger partial charge on any atom is 0.255 e. The van der Waals surface area contributed by atoms with Crippen LogP contribution in [0.4, 0.5) is 0 Å². The number of rotatable bonds is 3. The monoisotopic (exact) mass is 399 g/mol. The summed E-state index contributed by atoms with van der Waals surface area (Å²) in [6.45, 7) is 0.316. The number of nitrogens with zero attached hydrogens (tertiary/aromatic N) is 4. The Hall–Kier alpha value is -3.94. The Bertz CT molecular complexity index is 1180. The van der Waals surface area contributed by atoms with E-state index in [1.165, 1.54) is 4.90 Å². The lowest BCUT2D eigenvalue weighted by Gasteiger charge is -2.29. The van der Waals surface area contributed by atoms with E-state index in [2.05, 4.69) is 20.3 Å². The van der Waals surface area contributed by atoms with Gasteiger partial charge in [-0.2, -0.15) is 0 Å². The second-order valence-electron chi connectivity index (χ2n) is 7.28. The van der Waals surface area contributed by atoms with E-state index >= 15 is 0 Å². The maximum atomic E-state index is 12.8. The molecule has 2 aromatic heterocycles. The number of pyridine rings is 1. The molecule has 0 aliphatic carbocycles. The fraction of sp³-hybridized carbons (Fsp3) is 0.182. The average Bonchev–Trinajstić information content (AvgIpc) is 3.10. The number of piperidine rings is 1. The van der Waals surface area contributed by atoms with Crippen molar-refractivity contribution in [2.45, 2.75) is 25.4 Å². The molecule has 0 saturated carbocycles. The van der Waals surface area contributed by atoms with Crippen molar-refractivity contribution in [3.8, 4) is 22.6 Å². The fourth-order valence-electron chi connectivity index (χ4n) is 3.89. The molecule has 30 heavy (non-hydrogen) atoms. The van der Waals surface area contributed by atoms with Crippen molar-refractivity contribution in [3.05, 3.63) is 66.1 Å². The molecule has 1 fully saturated rings. The zero-order chi connectivity index (χ0) is 20.7. The van der Waals surface area contributed by atoms with Gasteiger partial charge in [0.05, 0.1) is 5.69 Å². The molecule has 0 bridgehead atoms. The minimum Gasteiger partial charge on any atom is -0.322 e. The number of carbonyl (C=O) groups is 3. The molecule has 2 aliphatic rings. The number of benzene rings is 1. The van der Waals surface area contributed by atoms with Gasteiger partial charge < -0.3 is 4.90 Å². The van der Waals surface area contributed by atoms with Crippen LogP contribution in [0, 0.1) is 0 Å². The molecule has 0 spiro atoms. The number of hydrogen-bond donors (Lipinski definition) is 1. The van der Waals surface area contributed by atoms with E-state index in [0.717, 1.165) is 22.4 Å². The molecule has 3 amide bonds. The average molecular weight is 399 g/mol. The standard InChI is InChI=1S/C22H17N5O3/c28-19-6-5-18(21(29)26-19)27-12-15-10-13(3-4-16(15)22(27)30)20-24-9-7-17(25-20)14-2-1-8-23-11-14/h1-4,7-11,18H,5-6,12H2,(H,26,28,29). The third-order valence-electron chi connectivity index (χ3n) is 5.39. The SMILES string of the molecule is O=C1CCC(N2Cc3cc(-c4nccc(-c5cccnc5)n4)ccc3C2=O)C(=O)N1. The minimum atomic E-state index is -0.629. The van der Waals surface area contributed by atoms with Gasteiger partial charge in [-0.15, -0.1) is 0 Å². The Kier molecular flexibility index (Phi) is 4.31. The topological polar surface area (TPSA) is 105 Å². The van der Waals surface area contributed by atoms with Crippen LogP contribution in [0.15, 0.2) is 55.0 Å². The highest BCUT2D eigenvalue weighted by Gasteiger charge is 2.39. The normalized spacial score (nSPS) is 18.3. The summed E-state index contributed by atoms with van der Waals surface area (Å²) < 4.78 is 0. The summed E-state index contributed by atoms with van der Waals surface area (Å²) >= 11 is 0. The van der Waals surface area contributed by atoms with E-state index in [-0.39, 0.29) is 18.2 Å². The van der Waals surface area contributed by atoms with Gasteiger partial charge in [0.2, 0.25) is 11.8 Å². The van der Waals surface area contributed by atoms with Gasteiger partial charge >= 0.3 is 0 Å². The highest BCUT2D eigenvalue weighted by atomic mass is 16.2. The van der Waals surface area contributed by atoms with Crippen LogP contribution in [0.1, 0.15) is 28.8 Å². The van der Waals surface area contributed by atoms with Gasteiger partial charge in [0.25, 0.3) is 5.91 Å². The van der Waals surface area contributed by atoms with Crippen LogP contribution in [0.25, 0.3) is 22.6 Å². The summed E-state index contributed by atoms with van der Waals surface area (Å²) in [5.74, 6) is -0.365. The quantitative estimate of drug-likeness (QED) is 0.675. The number of imide groups is 1. The van der Waals surface area contributed by atoms with Crippen LogP contribution in [0.2, 0.25) is 0 Å². The van der Waals surface area contributed by atoms with Crippen LogP contribution in [0.3, 0.4) is 0 Å². The molecule has 1 unspecified atom stereocenters. The van der Waals surface area contributed by atoms with Gasteiger partial charge in [-0.1, -0.05) is 6.07 Å². The van der Waals surface area contributed by atoms with E-state index in [0.29, 0.717) is 24.4 Å². The fourth-order valence-corrected chi connectivity index (χ4v) is 3.89. The number of nitrogens with one attached hydrogen (secondary N) is 1.